The Hall–Kier alpha value is -2.05. The van der Waals surface area contributed by atoms with Crippen LogP contribution in [-0.4, -0.2) is 29.7 Å². The highest BCUT2D eigenvalue weighted by Crippen LogP contribution is 2.30. The molecule has 0 aliphatic carbocycles. The fourth-order valence-electron chi connectivity index (χ4n) is 2.99. The van der Waals surface area contributed by atoms with Crippen molar-refractivity contribution in [3.05, 3.63) is 64.6 Å². The number of hydrogen-bond donors (Lipinski definition) is 0. The molecule has 0 N–H and O–H groups in total. The zero-order valence-electron chi connectivity index (χ0n) is 12.8. The Bertz CT molecular complexity index is 872. The Morgan fingerprint density at radius 3 is 2.79 bits per heavy atom. The molecule has 3 aromatic rings. The van der Waals surface area contributed by atoms with Crippen molar-refractivity contribution in [3.63, 3.8) is 0 Å². The van der Waals surface area contributed by atoms with Crippen LogP contribution in [0.4, 0.5) is 10.2 Å². The first kappa shape index (κ1) is 15.5. The molecule has 1 atom stereocenters. The van der Waals surface area contributed by atoms with E-state index in [0.717, 1.165) is 33.3 Å². The lowest BCUT2D eigenvalue weighted by atomic mass is 10.1. The Labute approximate surface area is 147 Å². The number of halogens is 2. The molecule has 24 heavy (non-hydrogen) atoms. The van der Waals surface area contributed by atoms with E-state index in [9.17, 15) is 4.39 Å². The van der Waals surface area contributed by atoms with Gasteiger partial charge in [0.05, 0.1) is 12.1 Å². The fourth-order valence-corrected chi connectivity index (χ4v) is 3.35. The smallest absolute Gasteiger partial charge is 0.140 e. The molecule has 0 saturated carbocycles. The van der Waals surface area contributed by atoms with E-state index in [1.165, 1.54) is 12.1 Å². The first-order chi connectivity index (χ1) is 11.7. The van der Waals surface area contributed by atoms with E-state index < -0.39 is 0 Å². The normalized spacial score (nSPS) is 18.1. The monoisotopic (exact) mass is 387 g/mol. The summed E-state index contributed by atoms with van der Waals surface area (Å²) in [7, 11) is 0. The van der Waals surface area contributed by atoms with Crippen LogP contribution in [0.1, 0.15) is 11.7 Å². The molecule has 0 bridgehead atoms. The maximum Gasteiger partial charge on any atom is 0.140 e. The number of fused-ring (bicyclic) bond motifs is 1. The highest BCUT2D eigenvalue weighted by molar-refractivity contribution is 9.10. The van der Waals surface area contributed by atoms with Crippen LogP contribution in [0.2, 0.25) is 0 Å². The van der Waals surface area contributed by atoms with Gasteiger partial charge in [0, 0.05) is 22.9 Å². The molecule has 2 aromatic carbocycles. The maximum atomic E-state index is 13.1. The fraction of sp³-hybridized carbons (Fsp3) is 0.222. The Balaban J connectivity index is 1.67. The number of hydrogen-bond acceptors (Lipinski definition) is 4. The van der Waals surface area contributed by atoms with Crippen molar-refractivity contribution in [1.29, 1.82) is 0 Å². The van der Waals surface area contributed by atoms with E-state index in [-0.39, 0.29) is 11.9 Å². The van der Waals surface area contributed by atoms with Crippen LogP contribution in [0.25, 0.3) is 10.9 Å². The van der Waals surface area contributed by atoms with Crippen LogP contribution >= 0.6 is 15.9 Å². The number of benzene rings is 2. The Morgan fingerprint density at radius 1 is 1.12 bits per heavy atom. The van der Waals surface area contributed by atoms with Crippen LogP contribution in [0.15, 0.2) is 53.3 Å². The van der Waals surface area contributed by atoms with E-state index in [1.54, 1.807) is 18.5 Å². The molecule has 1 fully saturated rings. The lowest BCUT2D eigenvalue weighted by Gasteiger charge is -2.34. The topological polar surface area (TPSA) is 38.2 Å². The van der Waals surface area contributed by atoms with E-state index in [2.05, 4.69) is 30.8 Å². The van der Waals surface area contributed by atoms with Gasteiger partial charge < -0.3 is 9.64 Å². The molecule has 1 aromatic heterocycles. The molecular weight excluding hydrogens is 373 g/mol. The Morgan fingerprint density at radius 2 is 1.96 bits per heavy atom. The van der Waals surface area contributed by atoms with Crippen molar-refractivity contribution in [2.45, 2.75) is 6.10 Å². The van der Waals surface area contributed by atoms with Crippen molar-refractivity contribution in [2.24, 2.45) is 0 Å². The molecule has 1 aliphatic heterocycles. The van der Waals surface area contributed by atoms with Crippen molar-refractivity contribution < 1.29 is 9.13 Å². The standard InChI is InChI=1S/C18H15BrFN3O/c19-13-3-6-16-15(9-13)18(22-11-21-16)23-7-8-24-17(10-23)12-1-4-14(20)5-2-12/h1-6,9,11,17H,7-8,10H2. The second-order valence-corrected chi connectivity index (χ2v) is 6.63. The maximum absolute atomic E-state index is 13.1. The first-order valence-corrected chi connectivity index (χ1v) is 8.52. The number of ether oxygens (including phenoxy) is 1. The average molecular weight is 388 g/mol. The van der Waals surface area contributed by atoms with E-state index in [4.69, 9.17) is 4.74 Å². The van der Waals surface area contributed by atoms with Gasteiger partial charge in [-0.05, 0) is 35.9 Å². The largest absolute Gasteiger partial charge is 0.370 e. The predicted molar refractivity (Wildman–Crippen MR) is 94.5 cm³/mol. The van der Waals surface area contributed by atoms with Gasteiger partial charge >= 0.3 is 0 Å². The average Bonchev–Trinajstić information content (AvgIpc) is 2.62. The summed E-state index contributed by atoms with van der Waals surface area (Å²) >= 11 is 3.51. The number of aromatic nitrogens is 2. The lowest BCUT2D eigenvalue weighted by molar-refractivity contribution is 0.0396. The SMILES string of the molecule is Fc1ccc(C2CN(c3ncnc4ccc(Br)cc34)CCO2)cc1. The predicted octanol–water partition coefficient (Wildman–Crippen LogP) is 4.11. The molecule has 0 radical (unpaired) electrons. The van der Waals surface area contributed by atoms with Crippen LogP contribution in [0.5, 0.6) is 0 Å². The summed E-state index contributed by atoms with van der Waals surface area (Å²) in [5.41, 5.74) is 1.88. The van der Waals surface area contributed by atoms with Crippen molar-refractivity contribution >= 4 is 32.7 Å². The molecule has 2 heterocycles. The third kappa shape index (κ3) is 2.99. The third-order valence-corrected chi connectivity index (χ3v) is 4.68. The number of morpholine rings is 1. The van der Waals surface area contributed by atoms with Crippen molar-refractivity contribution in [1.82, 2.24) is 9.97 Å². The molecule has 0 amide bonds. The zero-order valence-corrected chi connectivity index (χ0v) is 14.4. The van der Waals surface area contributed by atoms with Gasteiger partial charge in [0.1, 0.15) is 24.1 Å². The molecule has 6 heteroatoms. The summed E-state index contributed by atoms with van der Waals surface area (Å²) in [4.78, 5) is 11.0. The molecule has 122 valence electrons. The molecule has 4 nitrogen and oxygen atoms in total. The van der Waals surface area contributed by atoms with Crippen LogP contribution < -0.4 is 4.90 Å². The Kier molecular flexibility index (Phi) is 4.16. The van der Waals surface area contributed by atoms with E-state index in [0.29, 0.717) is 13.2 Å². The van der Waals surface area contributed by atoms with Crippen molar-refractivity contribution in [2.75, 3.05) is 24.6 Å². The number of nitrogens with zero attached hydrogens (tertiary/aromatic N) is 3. The summed E-state index contributed by atoms with van der Waals surface area (Å²) in [6, 6.07) is 12.5. The van der Waals surface area contributed by atoms with Gasteiger partial charge in [0.2, 0.25) is 0 Å². The second-order valence-electron chi connectivity index (χ2n) is 5.72. The van der Waals surface area contributed by atoms with Gasteiger partial charge in [-0.2, -0.15) is 0 Å². The van der Waals surface area contributed by atoms with Gasteiger partial charge in [-0.1, -0.05) is 28.1 Å². The van der Waals surface area contributed by atoms with Crippen LogP contribution in [0, 0.1) is 5.82 Å². The highest BCUT2D eigenvalue weighted by atomic mass is 79.9. The van der Waals surface area contributed by atoms with Crippen LogP contribution in [-0.2, 0) is 4.74 Å². The molecule has 1 aliphatic rings. The van der Waals surface area contributed by atoms with Gasteiger partial charge in [-0.3, -0.25) is 0 Å². The molecule has 1 saturated heterocycles. The van der Waals surface area contributed by atoms with Gasteiger partial charge in [-0.15, -0.1) is 0 Å². The molecular formula is C18H15BrFN3O. The minimum Gasteiger partial charge on any atom is -0.370 e. The molecule has 1 unspecified atom stereocenters. The summed E-state index contributed by atoms with van der Waals surface area (Å²) in [6.07, 6.45) is 1.49. The minimum absolute atomic E-state index is 0.100. The van der Waals surface area contributed by atoms with Gasteiger partial charge in [0.25, 0.3) is 0 Å². The first-order valence-electron chi connectivity index (χ1n) is 7.73. The summed E-state index contributed by atoms with van der Waals surface area (Å²) in [5.74, 6) is 0.662. The number of rotatable bonds is 2. The summed E-state index contributed by atoms with van der Waals surface area (Å²) in [6.45, 7) is 2.03. The minimum atomic E-state index is -0.238. The summed E-state index contributed by atoms with van der Waals surface area (Å²) in [5, 5.41) is 1.01. The van der Waals surface area contributed by atoms with Gasteiger partial charge in [0.15, 0.2) is 0 Å². The number of anilines is 1. The van der Waals surface area contributed by atoms with Gasteiger partial charge in [-0.25, -0.2) is 14.4 Å². The second kappa shape index (κ2) is 6.45. The highest BCUT2D eigenvalue weighted by Gasteiger charge is 2.24. The summed E-state index contributed by atoms with van der Waals surface area (Å²) < 4.78 is 20.0. The quantitative estimate of drug-likeness (QED) is 0.663. The lowest BCUT2D eigenvalue weighted by Crippen LogP contribution is -2.39. The molecule has 4 rings (SSSR count). The molecule has 0 spiro atoms. The third-order valence-electron chi connectivity index (χ3n) is 4.18. The van der Waals surface area contributed by atoms with E-state index >= 15 is 0 Å². The van der Waals surface area contributed by atoms with Crippen LogP contribution in [0.3, 0.4) is 0 Å². The van der Waals surface area contributed by atoms with E-state index in [1.807, 2.05) is 18.2 Å². The zero-order chi connectivity index (χ0) is 16.5. The van der Waals surface area contributed by atoms with Crippen molar-refractivity contribution in [3.8, 4) is 0 Å².